The van der Waals surface area contributed by atoms with Crippen LogP contribution in [0.2, 0.25) is 0 Å². The average Bonchev–Trinajstić information content (AvgIpc) is 3.32. The maximum absolute atomic E-state index is 12.5. The number of amides is 2. The molecule has 0 radical (unpaired) electrons. The molecule has 158 valence electrons. The van der Waals surface area contributed by atoms with E-state index in [2.05, 4.69) is 16.0 Å². The molecule has 2 amide bonds. The summed E-state index contributed by atoms with van der Waals surface area (Å²) in [7, 11) is 0. The van der Waals surface area contributed by atoms with Crippen LogP contribution in [0.5, 0.6) is 5.75 Å². The molecule has 30 heavy (non-hydrogen) atoms. The van der Waals surface area contributed by atoms with Gasteiger partial charge in [0.25, 0.3) is 5.91 Å². The van der Waals surface area contributed by atoms with E-state index in [1.165, 1.54) is 0 Å². The van der Waals surface area contributed by atoms with Crippen LogP contribution in [-0.2, 0) is 9.59 Å². The minimum absolute atomic E-state index is 0.0284. The summed E-state index contributed by atoms with van der Waals surface area (Å²) >= 11 is 0. The van der Waals surface area contributed by atoms with Gasteiger partial charge in [-0.25, -0.2) is 4.68 Å². The van der Waals surface area contributed by atoms with Gasteiger partial charge in [0.15, 0.2) is 12.9 Å². The van der Waals surface area contributed by atoms with E-state index >= 15 is 0 Å². The Balaban J connectivity index is 1.30. The molecular weight excluding hydrogens is 382 g/mol. The zero-order chi connectivity index (χ0) is 20.7. The molecule has 3 aliphatic rings. The predicted molar refractivity (Wildman–Crippen MR) is 111 cm³/mol. The summed E-state index contributed by atoms with van der Waals surface area (Å²) < 4.78 is 7.29. The number of rotatable bonds is 6. The minimum Gasteiger partial charge on any atom is -0.484 e. The third kappa shape index (κ3) is 3.92. The van der Waals surface area contributed by atoms with Gasteiger partial charge in [-0.3, -0.25) is 14.9 Å². The highest BCUT2D eigenvalue weighted by molar-refractivity contribution is 5.91. The Morgan fingerprint density at radius 3 is 2.80 bits per heavy atom. The van der Waals surface area contributed by atoms with Gasteiger partial charge in [-0.15, -0.1) is 0 Å². The molecule has 3 unspecified atom stereocenters. The molecule has 8 nitrogen and oxygen atoms in total. The first-order valence-electron chi connectivity index (χ1n) is 10.7. The lowest BCUT2D eigenvalue weighted by molar-refractivity contribution is -0.130. The van der Waals surface area contributed by atoms with Crippen LogP contribution in [0, 0.1) is 12.8 Å². The molecule has 0 bridgehead atoms. The average molecular weight is 409 g/mol. The molecule has 2 aliphatic carbocycles. The fourth-order valence-corrected chi connectivity index (χ4v) is 4.34. The van der Waals surface area contributed by atoms with Gasteiger partial charge in [-0.2, -0.15) is 5.10 Å². The SMILES string of the molecule is Cc1ccc(OCC(=O)Nc2cc(C3CC3)nn2C2NC(=O)C3CCCC3N2)cc1. The minimum atomic E-state index is -0.460. The quantitative estimate of drug-likeness (QED) is 0.681. The summed E-state index contributed by atoms with van der Waals surface area (Å²) in [6, 6.07) is 9.65. The Morgan fingerprint density at radius 2 is 2.03 bits per heavy atom. The van der Waals surface area contributed by atoms with Crippen LogP contribution in [0.4, 0.5) is 5.82 Å². The van der Waals surface area contributed by atoms with Crippen LogP contribution in [0.15, 0.2) is 30.3 Å². The lowest BCUT2D eigenvalue weighted by Gasteiger charge is -2.34. The van der Waals surface area contributed by atoms with Crippen LogP contribution in [-0.4, -0.2) is 34.2 Å². The number of nitrogens with zero attached hydrogens (tertiary/aromatic N) is 2. The van der Waals surface area contributed by atoms with Crippen molar-refractivity contribution >= 4 is 17.6 Å². The first-order valence-corrected chi connectivity index (χ1v) is 10.7. The van der Waals surface area contributed by atoms with Gasteiger partial charge in [0, 0.05) is 18.0 Å². The van der Waals surface area contributed by atoms with E-state index in [4.69, 9.17) is 9.84 Å². The van der Waals surface area contributed by atoms with Crippen LogP contribution in [0.25, 0.3) is 0 Å². The summed E-state index contributed by atoms with van der Waals surface area (Å²) in [5.74, 6) is 1.48. The monoisotopic (exact) mass is 409 g/mol. The fraction of sp³-hybridized carbons (Fsp3) is 0.500. The first-order chi connectivity index (χ1) is 14.6. The molecule has 2 aromatic rings. The van der Waals surface area contributed by atoms with Gasteiger partial charge in [0.1, 0.15) is 11.6 Å². The Hall–Kier alpha value is -2.87. The summed E-state index contributed by atoms with van der Waals surface area (Å²) in [4.78, 5) is 25.1. The molecule has 1 aromatic carbocycles. The van der Waals surface area contributed by atoms with Crippen LogP contribution in [0.1, 0.15) is 55.6 Å². The molecule has 1 aromatic heterocycles. The van der Waals surface area contributed by atoms with Crippen molar-refractivity contribution in [1.82, 2.24) is 20.4 Å². The van der Waals surface area contributed by atoms with Gasteiger partial charge in [-0.1, -0.05) is 24.1 Å². The molecule has 3 atom stereocenters. The van der Waals surface area contributed by atoms with Gasteiger partial charge < -0.3 is 15.4 Å². The van der Waals surface area contributed by atoms with E-state index in [0.717, 1.165) is 43.4 Å². The number of anilines is 1. The van der Waals surface area contributed by atoms with Crippen molar-refractivity contribution in [3.8, 4) is 5.75 Å². The Morgan fingerprint density at radius 1 is 1.23 bits per heavy atom. The Bertz CT molecular complexity index is 950. The van der Waals surface area contributed by atoms with Crippen LogP contribution in [0.3, 0.4) is 0 Å². The van der Waals surface area contributed by atoms with Crippen molar-refractivity contribution in [3.05, 3.63) is 41.6 Å². The second kappa shape index (κ2) is 7.75. The molecule has 1 aliphatic heterocycles. The molecule has 0 spiro atoms. The smallest absolute Gasteiger partial charge is 0.263 e. The summed E-state index contributed by atoms with van der Waals surface area (Å²) in [5.41, 5.74) is 2.09. The molecule has 1 saturated heterocycles. The lowest BCUT2D eigenvalue weighted by Crippen LogP contribution is -2.57. The number of ether oxygens (including phenoxy) is 1. The molecule has 2 saturated carbocycles. The zero-order valence-electron chi connectivity index (χ0n) is 17.1. The van der Waals surface area contributed by atoms with Gasteiger partial charge >= 0.3 is 0 Å². The number of hydrogen-bond donors (Lipinski definition) is 3. The molecule has 3 N–H and O–H groups in total. The van der Waals surface area contributed by atoms with Crippen LogP contribution < -0.4 is 20.7 Å². The number of nitrogens with one attached hydrogen (secondary N) is 3. The third-order valence-electron chi connectivity index (χ3n) is 6.16. The summed E-state index contributed by atoms with van der Waals surface area (Å²) in [6.07, 6.45) is 4.71. The summed E-state index contributed by atoms with van der Waals surface area (Å²) in [5, 5.41) is 14.1. The second-order valence-corrected chi connectivity index (χ2v) is 8.54. The van der Waals surface area contributed by atoms with E-state index in [0.29, 0.717) is 17.5 Å². The highest BCUT2D eigenvalue weighted by Crippen LogP contribution is 2.40. The third-order valence-corrected chi connectivity index (χ3v) is 6.16. The van der Waals surface area contributed by atoms with Gasteiger partial charge in [-0.05, 0) is 44.7 Å². The Labute approximate surface area is 175 Å². The summed E-state index contributed by atoms with van der Waals surface area (Å²) in [6.45, 7) is 1.91. The molecule has 2 heterocycles. The van der Waals surface area contributed by atoms with Crippen molar-refractivity contribution in [2.24, 2.45) is 5.92 Å². The maximum atomic E-state index is 12.5. The lowest BCUT2D eigenvalue weighted by atomic mass is 10.0. The number of aryl methyl sites for hydroxylation is 1. The zero-order valence-corrected chi connectivity index (χ0v) is 17.1. The highest BCUT2D eigenvalue weighted by Gasteiger charge is 2.40. The maximum Gasteiger partial charge on any atom is 0.263 e. The van der Waals surface area contributed by atoms with E-state index in [1.807, 2.05) is 37.3 Å². The number of aromatic nitrogens is 2. The van der Waals surface area contributed by atoms with Crippen molar-refractivity contribution in [2.45, 2.75) is 57.3 Å². The molecular formula is C22H27N5O3. The molecule has 5 rings (SSSR count). The Kier molecular flexibility index (Phi) is 4.94. The van der Waals surface area contributed by atoms with Gasteiger partial charge in [0.2, 0.25) is 5.91 Å². The largest absolute Gasteiger partial charge is 0.484 e. The van der Waals surface area contributed by atoms with Crippen molar-refractivity contribution < 1.29 is 14.3 Å². The number of carbonyl (C=O) groups is 2. The molecule has 3 fully saturated rings. The normalized spacial score (nSPS) is 25.5. The molecule has 8 heteroatoms. The predicted octanol–water partition coefficient (Wildman–Crippen LogP) is 2.43. The van der Waals surface area contributed by atoms with Crippen molar-refractivity contribution in [1.29, 1.82) is 0 Å². The highest BCUT2D eigenvalue weighted by atomic mass is 16.5. The van der Waals surface area contributed by atoms with E-state index < -0.39 is 6.29 Å². The van der Waals surface area contributed by atoms with Crippen molar-refractivity contribution in [3.63, 3.8) is 0 Å². The number of benzene rings is 1. The number of hydrogen-bond acceptors (Lipinski definition) is 5. The topological polar surface area (TPSA) is 97.3 Å². The second-order valence-electron chi connectivity index (χ2n) is 8.54. The van der Waals surface area contributed by atoms with Crippen LogP contribution >= 0.6 is 0 Å². The fourth-order valence-electron chi connectivity index (χ4n) is 4.34. The number of carbonyl (C=O) groups excluding carboxylic acids is 2. The number of fused-ring (bicyclic) bond motifs is 1. The van der Waals surface area contributed by atoms with E-state index in [-0.39, 0.29) is 30.4 Å². The van der Waals surface area contributed by atoms with Gasteiger partial charge in [0.05, 0.1) is 11.6 Å². The van der Waals surface area contributed by atoms with Crippen molar-refractivity contribution in [2.75, 3.05) is 11.9 Å². The first kappa shape index (κ1) is 19.1. The van der Waals surface area contributed by atoms with E-state index in [9.17, 15) is 9.59 Å². The van der Waals surface area contributed by atoms with E-state index in [1.54, 1.807) is 4.68 Å². The standard InChI is InChI=1S/C22H27N5O3/c1-13-5-9-15(10-6-13)30-12-20(28)24-19-11-18(14-7-8-14)26-27(19)22-23-17-4-2-3-16(17)21(29)25-22/h5-6,9-11,14,16-17,22-23H,2-4,7-8,12H2,1H3,(H,24,28)(H,25,29).